The first kappa shape index (κ1) is 13.8. The van der Waals surface area contributed by atoms with E-state index in [1.165, 1.54) is 12.8 Å². The molecule has 0 saturated heterocycles. The summed E-state index contributed by atoms with van der Waals surface area (Å²) >= 11 is 7.61. The molecule has 2 bridgehead atoms. The maximum Gasteiger partial charge on any atom is 0.227 e. The van der Waals surface area contributed by atoms with Gasteiger partial charge in [-0.25, -0.2) is 4.98 Å². The predicted octanol–water partition coefficient (Wildman–Crippen LogP) is 4.94. The molecule has 3 nitrogen and oxygen atoms in total. The third-order valence-electron chi connectivity index (χ3n) is 6.23. The molecule has 2 aromatic heterocycles. The molecule has 2 aliphatic rings. The molecule has 2 fully saturated rings. The van der Waals surface area contributed by atoms with Crippen molar-refractivity contribution in [3.63, 3.8) is 0 Å². The fraction of sp³-hybridized carbons (Fsp3) is 0.625. The van der Waals surface area contributed by atoms with Crippen LogP contribution in [0.15, 0.2) is 11.4 Å². The minimum absolute atomic E-state index is 0.220. The van der Waals surface area contributed by atoms with Crippen molar-refractivity contribution in [1.29, 1.82) is 0 Å². The second-order valence-electron chi connectivity index (χ2n) is 7.15. The van der Waals surface area contributed by atoms with Crippen molar-refractivity contribution in [1.82, 2.24) is 9.97 Å². The smallest absolute Gasteiger partial charge is 0.227 e. The summed E-state index contributed by atoms with van der Waals surface area (Å²) in [7, 11) is 0. The van der Waals surface area contributed by atoms with Crippen LogP contribution in [0.1, 0.15) is 40.0 Å². The topological polar surface area (TPSA) is 35.0 Å². The van der Waals surface area contributed by atoms with E-state index in [0.717, 1.165) is 22.6 Å². The average molecular weight is 323 g/mol. The van der Waals surface area contributed by atoms with Crippen LogP contribution in [0.5, 0.6) is 5.88 Å². The quantitative estimate of drug-likeness (QED) is 0.735. The minimum atomic E-state index is 0.220. The number of hydrogen-bond donors (Lipinski definition) is 0. The van der Waals surface area contributed by atoms with E-state index in [4.69, 9.17) is 16.3 Å². The lowest BCUT2D eigenvalue weighted by atomic mass is 9.70. The van der Waals surface area contributed by atoms with Gasteiger partial charge in [-0.1, -0.05) is 20.8 Å². The van der Waals surface area contributed by atoms with Crippen molar-refractivity contribution < 1.29 is 4.74 Å². The lowest BCUT2D eigenvalue weighted by Gasteiger charge is -2.38. The molecule has 2 heterocycles. The molecule has 112 valence electrons. The highest BCUT2D eigenvalue weighted by molar-refractivity contribution is 7.16. The molecule has 0 N–H and O–H groups in total. The van der Waals surface area contributed by atoms with Gasteiger partial charge in [-0.05, 0) is 53.6 Å². The summed E-state index contributed by atoms with van der Waals surface area (Å²) in [6.07, 6.45) is 3.90. The summed E-state index contributed by atoms with van der Waals surface area (Å²) in [4.78, 5) is 9.50. The van der Waals surface area contributed by atoms with Gasteiger partial charge in [-0.2, -0.15) is 4.98 Å². The van der Waals surface area contributed by atoms with Crippen molar-refractivity contribution in [3.05, 3.63) is 16.7 Å². The average Bonchev–Trinajstić information content (AvgIpc) is 3.01. The van der Waals surface area contributed by atoms with Crippen molar-refractivity contribution in [2.24, 2.45) is 16.7 Å². The lowest BCUT2D eigenvalue weighted by molar-refractivity contribution is 0.0283. The van der Waals surface area contributed by atoms with Crippen LogP contribution in [-0.2, 0) is 0 Å². The van der Waals surface area contributed by atoms with E-state index >= 15 is 0 Å². The summed E-state index contributed by atoms with van der Waals surface area (Å²) in [6, 6.07) is 2.02. The van der Waals surface area contributed by atoms with Gasteiger partial charge < -0.3 is 4.74 Å². The zero-order chi connectivity index (χ0) is 14.8. The van der Waals surface area contributed by atoms with Crippen LogP contribution in [0.4, 0.5) is 0 Å². The highest BCUT2D eigenvalue weighted by atomic mass is 35.5. The maximum atomic E-state index is 6.37. The standard InChI is InChI=1S/C16H19ClN2OS/c1-15(2)9-4-6-16(15,3)11(8-9)20-12-10-5-7-21-13(10)19-14(17)18-12/h5,7,9,11H,4,6,8H2,1-3H3. The van der Waals surface area contributed by atoms with Gasteiger partial charge in [0.15, 0.2) is 0 Å². The Kier molecular flexibility index (Phi) is 2.84. The molecule has 4 rings (SSSR count). The highest BCUT2D eigenvalue weighted by Crippen LogP contribution is 2.66. The third kappa shape index (κ3) is 1.78. The number of ether oxygens (including phenoxy) is 1. The minimum Gasteiger partial charge on any atom is -0.473 e. The van der Waals surface area contributed by atoms with Gasteiger partial charge in [0.05, 0.1) is 5.39 Å². The van der Waals surface area contributed by atoms with Gasteiger partial charge in [0.1, 0.15) is 10.9 Å². The van der Waals surface area contributed by atoms with Crippen molar-refractivity contribution >= 4 is 33.2 Å². The Morgan fingerprint density at radius 2 is 2.14 bits per heavy atom. The van der Waals surface area contributed by atoms with Crippen LogP contribution in [0.3, 0.4) is 0 Å². The molecule has 0 aliphatic heterocycles. The second-order valence-corrected chi connectivity index (χ2v) is 8.39. The SMILES string of the molecule is CC1(C)C2CCC1(C)C(Oc1nc(Cl)nc3sccc13)C2. The van der Waals surface area contributed by atoms with Crippen molar-refractivity contribution in [3.8, 4) is 5.88 Å². The van der Waals surface area contributed by atoms with Gasteiger partial charge >= 0.3 is 0 Å². The molecule has 5 heteroatoms. The molecule has 2 aliphatic carbocycles. The molecule has 2 aromatic rings. The Morgan fingerprint density at radius 3 is 2.81 bits per heavy atom. The molecule has 0 amide bonds. The van der Waals surface area contributed by atoms with Gasteiger partial charge in [-0.3, -0.25) is 0 Å². The van der Waals surface area contributed by atoms with Gasteiger partial charge in [-0.15, -0.1) is 11.3 Å². The summed E-state index contributed by atoms with van der Waals surface area (Å²) in [5.74, 6) is 1.41. The summed E-state index contributed by atoms with van der Waals surface area (Å²) < 4.78 is 6.37. The predicted molar refractivity (Wildman–Crippen MR) is 86.1 cm³/mol. The van der Waals surface area contributed by atoms with Gasteiger partial charge in [0, 0.05) is 5.41 Å². The van der Waals surface area contributed by atoms with Crippen LogP contribution < -0.4 is 4.74 Å². The van der Waals surface area contributed by atoms with E-state index in [1.54, 1.807) is 11.3 Å². The number of aromatic nitrogens is 2. The molecule has 2 saturated carbocycles. The Hall–Kier alpha value is -0.870. The monoisotopic (exact) mass is 322 g/mol. The van der Waals surface area contributed by atoms with Crippen LogP contribution >= 0.6 is 22.9 Å². The maximum absolute atomic E-state index is 6.37. The Bertz CT molecular complexity index is 713. The number of halogens is 1. The molecule has 0 radical (unpaired) electrons. The largest absolute Gasteiger partial charge is 0.473 e. The van der Waals surface area contributed by atoms with Crippen molar-refractivity contribution in [2.75, 3.05) is 0 Å². The summed E-state index contributed by atoms with van der Waals surface area (Å²) in [5, 5.41) is 3.26. The van der Waals surface area contributed by atoms with Gasteiger partial charge in [0.2, 0.25) is 11.2 Å². The zero-order valence-corrected chi connectivity index (χ0v) is 14.1. The fourth-order valence-electron chi connectivity index (χ4n) is 4.34. The second kappa shape index (κ2) is 4.32. The van der Waals surface area contributed by atoms with E-state index in [1.807, 2.05) is 11.4 Å². The van der Waals surface area contributed by atoms with E-state index < -0.39 is 0 Å². The molecule has 21 heavy (non-hydrogen) atoms. The molecule has 0 spiro atoms. The first-order valence-corrected chi connectivity index (χ1v) is 8.75. The van der Waals surface area contributed by atoms with Crippen LogP contribution in [0.2, 0.25) is 5.28 Å². The van der Waals surface area contributed by atoms with E-state index in [-0.39, 0.29) is 16.8 Å². The lowest BCUT2D eigenvalue weighted by Crippen LogP contribution is -2.39. The Labute approximate surface area is 133 Å². The Morgan fingerprint density at radius 1 is 1.33 bits per heavy atom. The van der Waals surface area contributed by atoms with Crippen LogP contribution in [-0.4, -0.2) is 16.1 Å². The van der Waals surface area contributed by atoms with Crippen LogP contribution in [0, 0.1) is 16.7 Å². The number of thiophene rings is 1. The molecule has 3 unspecified atom stereocenters. The Balaban J connectivity index is 1.72. The number of hydrogen-bond acceptors (Lipinski definition) is 4. The zero-order valence-electron chi connectivity index (χ0n) is 12.5. The summed E-state index contributed by atoms with van der Waals surface area (Å²) in [6.45, 7) is 7.15. The first-order valence-electron chi connectivity index (χ1n) is 7.49. The number of rotatable bonds is 2. The summed E-state index contributed by atoms with van der Waals surface area (Å²) in [5.41, 5.74) is 0.555. The van der Waals surface area contributed by atoms with E-state index in [0.29, 0.717) is 11.3 Å². The molecule has 3 atom stereocenters. The van der Waals surface area contributed by atoms with Gasteiger partial charge in [0.25, 0.3) is 0 Å². The van der Waals surface area contributed by atoms with E-state index in [9.17, 15) is 0 Å². The normalized spacial score (nSPS) is 33.7. The first-order chi connectivity index (χ1) is 9.92. The fourth-order valence-corrected chi connectivity index (χ4v) is 5.30. The molecular formula is C16H19ClN2OS. The van der Waals surface area contributed by atoms with Crippen LogP contribution in [0.25, 0.3) is 10.2 Å². The number of nitrogens with zero attached hydrogens (tertiary/aromatic N) is 2. The van der Waals surface area contributed by atoms with E-state index in [2.05, 4.69) is 30.7 Å². The molecular weight excluding hydrogens is 304 g/mol. The molecule has 0 aromatic carbocycles. The van der Waals surface area contributed by atoms with Crippen molar-refractivity contribution in [2.45, 2.75) is 46.1 Å². The highest BCUT2D eigenvalue weighted by Gasteiger charge is 2.62. The third-order valence-corrected chi connectivity index (χ3v) is 7.21. The number of fused-ring (bicyclic) bond motifs is 3.